The van der Waals surface area contributed by atoms with E-state index in [4.69, 9.17) is 4.74 Å². The van der Waals surface area contributed by atoms with Crippen molar-refractivity contribution in [2.75, 3.05) is 18.7 Å². The second-order valence-electron chi connectivity index (χ2n) is 9.95. The molecule has 36 heavy (non-hydrogen) atoms. The number of hydrogen-bond acceptors (Lipinski definition) is 5. The molecule has 2 aliphatic carbocycles. The lowest BCUT2D eigenvalue weighted by Gasteiger charge is -2.38. The molecule has 1 saturated carbocycles. The minimum Gasteiger partial charge on any atom is -0.364 e. The number of halogens is 3. The van der Waals surface area contributed by atoms with Gasteiger partial charge in [-0.05, 0) is 42.0 Å². The number of benzene rings is 1. The minimum absolute atomic E-state index is 0.0618. The summed E-state index contributed by atoms with van der Waals surface area (Å²) in [5.74, 6) is -3.47. The average Bonchev–Trinajstić information content (AvgIpc) is 3.43. The Hall–Kier alpha value is -3.33. The van der Waals surface area contributed by atoms with E-state index in [1.807, 2.05) is 13.8 Å². The molecule has 0 radical (unpaired) electrons. The first-order chi connectivity index (χ1) is 17.0. The van der Waals surface area contributed by atoms with Crippen molar-refractivity contribution in [3.05, 3.63) is 71.4 Å². The van der Waals surface area contributed by atoms with Crippen molar-refractivity contribution >= 4 is 23.3 Å². The molecule has 2 aromatic rings. The van der Waals surface area contributed by atoms with E-state index in [2.05, 4.69) is 4.98 Å². The number of alkyl halides is 3. The zero-order chi connectivity index (χ0) is 26.0. The van der Waals surface area contributed by atoms with Crippen molar-refractivity contribution in [1.29, 1.82) is 0 Å². The monoisotopic (exact) mass is 498 g/mol. The van der Waals surface area contributed by atoms with E-state index in [0.717, 1.165) is 24.3 Å². The third-order valence-electron chi connectivity index (χ3n) is 7.86. The number of allylic oxidation sites excluding steroid dienone is 2. The van der Waals surface area contributed by atoms with Gasteiger partial charge in [-0.1, -0.05) is 38.1 Å². The molecule has 1 fully saturated rings. The van der Waals surface area contributed by atoms with Gasteiger partial charge in [0.1, 0.15) is 12.5 Å². The van der Waals surface area contributed by atoms with E-state index in [1.54, 1.807) is 24.4 Å². The predicted molar refractivity (Wildman–Crippen MR) is 124 cm³/mol. The minimum atomic E-state index is -4.54. The number of fused-ring (bicyclic) bond motifs is 3. The molecule has 2 heterocycles. The second kappa shape index (κ2) is 8.37. The van der Waals surface area contributed by atoms with Crippen LogP contribution in [0.15, 0.2) is 54.7 Å². The molecular weight excluding hydrogens is 473 g/mol. The number of ether oxygens (including phenoxy) is 1. The summed E-state index contributed by atoms with van der Waals surface area (Å²) in [5, 5.41) is 0. The number of aromatic nitrogens is 1. The van der Waals surface area contributed by atoms with Crippen LogP contribution in [0.1, 0.15) is 35.3 Å². The summed E-state index contributed by atoms with van der Waals surface area (Å²) in [6, 6.07) is 7.47. The highest BCUT2D eigenvalue weighted by molar-refractivity contribution is 6.14. The van der Waals surface area contributed by atoms with Gasteiger partial charge in [-0.3, -0.25) is 19.3 Å². The molecule has 1 aromatic carbocycles. The number of hydrogen-bond donors (Lipinski definition) is 0. The number of ketones is 2. The summed E-state index contributed by atoms with van der Waals surface area (Å²) in [7, 11) is 1.45. The van der Waals surface area contributed by atoms with Gasteiger partial charge in [-0.2, -0.15) is 13.2 Å². The van der Waals surface area contributed by atoms with Crippen LogP contribution in [0.5, 0.6) is 0 Å². The van der Waals surface area contributed by atoms with E-state index in [-0.39, 0.29) is 29.9 Å². The lowest BCUT2D eigenvalue weighted by atomic mass is 9.61. The van der Waals surface area contributed by atoms with Crippen LogP contribution in [-0.4, -0.2) is 36.3 Å². The summed E-state index contributed by atoms with van der Waals surface area (Å²) in [4.78, 5) is 47.4. The number of Topliss-reactive ketones (excluding diaryl/α,β-unsaturated/α-hetero) is 1. The standard InChI is InChI=1S/C27H25F3N2O4/c1-14(2)21-20-17(10-11-19(20)33)22(23(34)15-6-8-16(9-7-15)27(28,29)30)26(21)18-5-4-12-31-24(18)32(13-36-3)25(26)35/h4-12,14,17,20-22H,13H2,1-3H3/t17-,20-,21-,22-,26+/m1/s1. The Bertz CT molecular complexity index is 1270. The van der Waals surface area contributed by atoms with Crippen LogP contribution in [0, 0.1) is 29.6 Å². The summed E-state index contributed by atoms with van der Waals surface area (Å²) in [6.07, 6.45) is 0.149. The van der Waals surface area contributed by atoms with Crippen LogP contribution >= 0.6 is 0 Å². The maximum atomic E-state index is 14.3. The Balaban J connectivity index is 1.74. The Morgan fingerprint density at radius 1 is 1.17 bits per heavy atom. The normalized spacial score (nSPS) is 28.9. The largest absolute Gasteiger partial charge is 0.416 e. The smallest absolute Gasteiger partial charge is 0.364 e. The molecule has 188 valence electrons. The molecule has 5 rings (SSSR count). The fraction of sp³-hybridized carbons (Fsp3) is 0.407. The Kier molecular flexibility index (Phi) is 5.66. The zero-order valence-corrected chi connectivity index (χ0v) is 20.0. The lowest BCUT2D eigenvalue weighted by molar-refractivity contribution is -0.137. The van der Waals surface area contributed by atoms with Crippen LogP contribution in [0.2, 0.25) is 0 Å². The molecular formula is C27H25F3N2O4. The molecule has 1 spiro atoms. The highest BCUT2D eigenvalue weighted by atomic mass is 19.4. The molecule has 0 unspecified atom stereocenters. The average molecular weight is 499 g/mol. The molecule has 0 saturated heterocycles. The molecule has 0 bridgehead atoms. The number of carbonyl (C=O) groups excluding carboxylic acids is 3. The summed E-state index contributed by atoms with van der Waals surface area (Å²) < 4.78 is 44.7. The first-order valence-electron chi connectivity index (χ1n) is 11.7. The van der Waals surface area contributed by atoms with Gasteiger partial charge in [0, 0.05) is 36.3 Å². The van der Waals surface area contributed by atoms with Crippen molar-refractivity contribution in [3.8, 4) is 0 Å². The van der Waals surface area contributed by atoms with E-state index >= 15 is 0 Å². The van der Waals surface area contributed by atoms with E-state index < -0.39 is 46.6 Å². The van der Waals surface area contributed by atoms with Crippen LogP contribution in [0.3, 0.4) is 0 Å². The molecule has 6 nitrogen and oxygen atoms in total. The first-order valence-corrected chi connectivity index (χ1v) is 11.7. The van der Waals surface area contributed by atoms with Gasteiger partial charge in [0.15, 0.2) is 11.6 Å². The molecule has 0 N–H and O–H groups in total. The number of carbonyl (C=O) groups is 3. The van der Waals surface area contributed by atoms with Crippen molar-refractivity contribution in [3.63, 3.8) is 0 Å². The van der Waals surface area contributed by atoms with Crippen molar-refractivity contribution < 1.29 is 32.3 Å². The lowest BCUT2D eigenvalue weighted by Crippen LogP contribution is -2.52. The number of methoxy groups -OCH3 is 1. The molecule has 3 aliphatic rings. The van der Waals surface area contributed by atoms with Gasteiger partial charge < -0.3 is 4.74 Å². The third kappa shape index (κ3) is 3.21. The fourth-order valence-corrected chi connectivity index (χ4v) is 6.72. The van der Waals surface area contributed by atoms with E-state index in [0.29, 0.717) is 11.4 Å². The Morgan fingerprint density at radius 3 is 2.47 bits per heavy atom. The van der Waals surface area contributed by atoms with Crippen LogP contribution in [-0.2, 0) is 25.9 Å². The maximum absolute atomic E-state index is 14.3. The van der Waals surface area contributed by atoms with Gasteiger partial charge in [0.25, 0.3) is 0 Å². The Morgan fingerprint density at radius 2 is 1.86 bits per heavy atom. The molecule has 1 aromatic heterocycles. The highest BCUT2D eigenvalue weighted by Gasteiger charge is 2.72. The van der Waals surface area contributed by atoms with Gasteiger partial charge in [-0.15, -0.1) is 0 Å². The van der Waals surface area contributed by atoms with Gasteiger partial charge >= 0.3 is 6.18 Å². The van der Waals surface area contributed by atoms with Gasteiger partial charge in [0.05, 0.1) is 11.0 Å². The van der Waals surface area contributed by atoms with Crippen molar-refractivity contribution in [2.24, 2.45) is 29.6 Å². The number of rotatable bonds is 5. The first kappa shape index (κ1) is 24.4. The summed E-state index contributed by atoms with van der Waals surface area (Å²) >= 11 is 0. The quantitative estimate of drug-likeness (QED) is 0.570. The Labute approximate surface area is 206 Å². The van der Waals surface area contributed by atoms with E-state index in [9.17, 15) is 27.6 Å². The van der Waals surface area contributed by atoms with Crippen molar-refractivity contribution in [2.45, 2.75) is 25.4 Å². The predicted octanol–water partition coefficient (Wildman–Crippen LogP) is 4.44. The maximum Gasteiger partial charge on any atom is 0.416 e. The van der Waals surface area contributed by atoms with Gasteiger partial charge in [-0.25, -0.2) is 4.98 Å². The molecule has 1 amide bonds. The van der Waals surface area contributed by atoms with Gasteiger partial charge in [0.2, 0.25) is 5.91 Å². The third-order valence-corrected chi connectivity index (χ3v) is 7.86. The number of pyridine rings is 1. The SMILES string of the molecule is COCN1C(=O)[C@@]2(c3cccnc31)[C@H](C(C)C)[C@H]1C(=O)C=C[C@H]1[C@@H]2C(=O)c1ccc(C(F)(F)F)cc1. The topological polar surface area (TPSA) is 76.6 Å². The van der Waals surface area contributed by atoms with E-state index in [1.165, 1.54) is 18.1 Å². The van der Waals surface area contributed by atoms with Crippen LogP contribution < -0.4 is 4.90 Å². The fourth-order valence-electron chi connectivity index (χ4n) is 6.72. The summed E-state index contributed by atoms with van der Waals surface area (Å²) in [6.45, 7) is 3.75. The van der Waals surface area contributed by atoms with Crippen molar-refractivity contribution in [1.82, 2.24) is 4.98 Å². The molecule has 1 aliphatic heterocycles. The number of nitrogens with zero attached hydrogens (tertiary/aromatic N) is 2. The van der Waals surface area contributed by atoms with Crippen LogP contribution in [0.4, 0.5) is 19.0 Å². The molecule has 9 heteroatoms. The van der Waals surface area contributed by atoms with Crippen LogP contribution in [0.25, 0.3) is 0 Å². The molecule has 5 atom stereocenters. The number of anilines is 1. The highest BCUT2D eigenvalue weighted by Crippen LogP contribution is 2.65. The zero-order valence-electron chi connectivity index (χ0n) is 20.0. The summed E-state index contributed by atoms with van der Waals surface area (Å²) in [5.41, 5.74) is -1.67. The second-order valence-corrected chi connectivity index (χ2v) is 9.95. The number of amides is 1.